The first kappa shape index (κ1) is 15.0. The first-order valence-corrected chi connectivity index (χ1v) is 8.37. The minimum absolute atomic E-state index is 0.607. The summed E-state index contributed by atoms with van der Waals surface area (Å²) in [5.74, 6) is 0.859. The molecule has 3 nitrogen and oxygen atoms in total. The number of hydrogen-bond acceptors (Lipinski definition) is 3. The summed E-state index contributed by atoms with van der Waals surface area (Å²) in [5, 5.41) is 14.5. The molecule has 2 aliphatic rings. The second kappa shape index (κ2) is 6.47. The number of rotatable bonds is 7. The van der Waals surface area contributed by atoms with E-state index in [-0.39, 0.29) is 0 Å². The van der Waals surface area contributed by atoms with Gasteiger partial charge in [0.05, 0.1) is 5.60 Å². The van der Waals surface area contributed by atoms with E-state index in [9.17, 15) is 5.11 Å². The van der Waals surface area contributed by atoms with Crippen molar-refractivity contribution in [2.24, 2.45) is 5.92 Å². The Hall–Kier alpha value is -0.900. The summed E-state index contributed by atoms with van der Waals surface area (Å²) >= 11 is 0. The van der Waals surface area contributed by atoms with Crippen molar-refractivity contribution in [2.45, 2.75) is 44.2 Å². The molecular formula is C18H28N2O. The van der Waals surface area contributed by atoms with Gasteiger partial charge in [0.1, 0.15) is 0 Å². The van der Waals surface area contributed by atoms with Crippen LogP contribution in [0.5, 0.6) is 0 Å². The number of nitrogens with zero attached hydrogens (tertiary/aromatic N) is 1. The SMILES string of the molecule is CC(O)(CN(CC1CC1)CC1CCCN1)c1ccccc1. The molecule has 1 heterocycles. The molecule has 2 fully saturated rings. The van der Waals surface area contributed by atoms with Crippen LogP contribution in [0.25, 0.3) is 0 Å². The zero-order valence-electron chi connectivity index (χ0n) is 13.1. The molecule has 0 radical (unpaired) electrons. The van der Waals surface area contributed by atoms with Gasteiger partial charge in [-0.15, -0.1) is 0 Å². The molecule has 0 aromatic heterocycles. The van der Waals surface area contributed by atoms with Crippen LogP contribution in [0.2, 0.25) is 0 Å². The number of hydrogen-bond donors (Lipinski definition) is 2. The average Bonchev–Trinajstić information content (AvgIpc) is 3.13. The molecule has 2 N–H and O–H groups in total. The van der Waals surface area contributed by atoms with Crippen molar-refractivity contribution >= 4 is 0 Å². The fourth-order valence-corrected chi connectivity index (χ4v) is 3.42. The van der Waals surface area contributed by atoms with Crippen molar-refractivity contribution < 1.29 is 5.11 Å². The Bertz CT molecular complexity index is 436. The molecule has 116 valence electrons. The summed E-state index contributed by atoms with van der Waals surface area (Å²) in [6.45, 7) is 6.04. The minimum atomic E-state index is -0.769. The highest BCUT2D eigenvalue weighted by Gasteiger charge is 2.31. The second-order valence-electron chi connectivity index (χ2n) is 7.07. The molecule has 1 aliphatic carbocycles. The fraction of sp³-hybridized carbons (Fsp3) is 0.667. The Balaban J connectivity index is 1.64. The molecule has 3 rings (SSSR count). The van der Waals surface area contributed by atoms with Crippen LogP contribution in [0.1, 0.15) is 38.2 Å². The molecule has 1 aromatic rings. The third-order valence-corrected chi connectivity index (χ3v) is 4.78. The molecule has 1 saturated heterocycles. The Morgan fingerprint density at radius 2 is 1.95 bits per heavy atom. The first-order valence-electron chi connectivity index (χ1n) is 8.37. The Labute approximate surface area is 128 Å². The van der Waals surface area contributed by atoms with Gasteiger partial charge in [-0.1, -0.05) is 30.3 Å². The van der Waals surface area contributed by atoms with Crippen LogP contribution >= 0.6 is 0 Å². The van der Waals surface area contributed by atoms with E-state index in [1.807, 2.05) is 37.3 Å². The summed E-state index contributed by atoms with van der Waals surface area (Å²) in [6, 6.07) is 10.7. The van der Waals surface area contributed by atoms with Crippen LogP contribution < -0.4 is 5.32 Å². The third kappa shape index (κ3) is 4.29. The van der Waals surface area contributed by atoms with E-state index >= 15 is 0 Å². The van der Waals surface area contributed by atoms with Crippen molar-refractivity contribution in [1.82, 2.24) is 10.2 Å². The lowest BCUT2D eigenvalue weighted by Gasteiger charge is -2.33. The second-order valence-corrected chi connectivity index (χ2v) is 7.07. The van der Waals surface area contributed by atoms with Gasteiger partial charge in [0, 0.05) is 25.7 Å². The molecule has 21 heavy (non-hydrogen) atoms. The van der Waals surface area contributed by atoms with Gasteiger partial charge in [0.25, 0.3) is 0 Å². The van der Waals surface area contributed by atoms with E-state index in [4.69, 9.17) is 0 Å². The van der Waals surface area contributed by atoms with Crippen LogP contribution in [0.15, 0.2) is 30.3 Å². The molecule has 1 aromatic carbocycles. The normalized spacial score (nSPS) is 25.2. The van der Waals surface area contributed by atoms with Crippen LogP contribution in [0.3, 0.4) is 0 Å². The van der Waals surface area contributed by atoms with Crippen molar-refractivity contribution in [3.05, 3.63) is 35.9 Å². The van der Waals surface area contributed by atoms with E-state index in [0.29, 0.717) is 6.04 Å². The monoisotopic (exact) mass is 288 g/mol. The predicted molar refractivity (Wildman–Crippen MR) is 86.2 cm³/mol. The van der Waals surface area contributed by atoms with Gasteiger partial charge in [-0.05, 0) is 50.6 Å². The van der Waals surface area contributed by atoms with Gasteiger partial charge < -0.3 is 10.4 Å². The maximum Gasteiger partial charge on any atom is 0.0994 e. The molecule has 3 heteroatoms. The topological polar surface area (TPSA) is 35.5 Å². The Morgan fingerprint density at radius 1 is 1.19 bits per heavy atom. The van der Waals surface area contributed by atoms with Gasteiger partial charge in [-0.2, -0.15) is 0 Å². The smallest absolute Gasteiger partial charge is 0.0994 e. The summed E-state index contributed by atoms with van der Waals surface area (Å²) in [4.78, 5) is 2.48. The average molecular weight is 288 g/mol. The van der Waals surface area contributed by atoms with Crippen molar-refractivity contribution in [2.75, 3.05) is 26.2 Å². The van der Waals surface area contributed by atoms with Crippen molar-refractivity contribution in [3.63, 3.8) is 0 Å². The third-order valence-electron chi connectivity index (χ3n) is 4.78. The molecule has 2 unspecified atom stereocenters. The van der Waals surface area contributed by atoms with E-state index in [1.54, 1.807) is 0 Å². The van der Waals surface area contributed by atoms with Crippen molar-refractivity contribution in [3.8, 4) is 0 Å². The lowest BCUT2D eigenvalue weighted by Crippen LogP contribution is -2.45. The number of nitrogens with one attached hydrogen (secondary N) is 1. The highest BCUT2D eigenvalue weighted by Crippen LogP contribution is 2.31. The van der Waals surface area contributed by atoms with Gasteiger partial charge in [-0.25, -0.2) is 0 Å². The van der Waals surface area contributed by atoms with E-state index < -0.39 is 5.60 Å². The molecule has 2 atom stereocenters. The zero-order chi connectivity index (χ0) is 14.7. The van der Waals surface area contributed by atoms with E-state index in [1.165, 1.54) is 25.7 Å². The van der Waals surface area contributed by atoms with Gasteiger partial charge in [0.15, 0.2) is 0 Å². The van der Waals surface area contributed by atoms with Crippen LogP contribution in [0, 0.1) is 5.92 Å². The van der Waals surface area contributed by atoms with Crippen LogP contribution in [-0.4, -0.2) is 42.2 Å². The lowest BCUT2D eigenvalue weighted by molar-refractivity contribution is 0.0123. The fourth-order valence-electron chi connectivity index (χ4n) is 3.42. The molecule has 0 bridgehead atoms. The Morgan fingerprint density at radius 3 is 2.57 bits per heavy atom. The predicted octanol–water partition coefficient (Wildman–Crippen LogP) is 2.36. The zero-order valence-corrected chi connectivity index (χ0v) is 13.1. The lowest BCUT2D eigenvalue weighted by atomic mass is 9.95. The van der Waals surface area contributed by atoms with Crippen molar-refractivity contribution in [1.29, 1.82) is 0 Å². The molecule has 0 amide bonds. The maximum atomic E-state index is 10.9. The molecule has 1 aliphatic heterocycles. The quantitative estimate of drug-likeness (QED) is 0.808. The molecule has 1 saturated carbocycles. The summed E-state index contributed by atoms with van der Waals surface area (Å²) in [5.41, 5.74) is 0.250. The van der Waals surface area contributed by atoms with Gasteiger partial charge in [0.2, 0.25) is 0 Å². The van der Waals surface area contributed by atoms with Crippen LogP contribution in [0.4, 0.5) is 0 Å². The van der Waals surface area contributed by atoms with Crippen LogP contribution in [-0.2, 0) is 5.60 Å². The first-order chi connectivity index (χ1) is 10.1. The van der Waals surface area contributed by atoms with E-state index in [0.717, 1.165) is 37.7 Å². The number of aliphatic hydroxyl groups is 1. The highest BCUT2D eigenvalue weighted by atomic mass is 16.3. The molecule has 0 spiro atoms. The van der Waals surface area contributed by atoms with E-state index in [2.05, 4.69) is 10.2 Å². The Kier molecular flexibility index (Phi) is 4.63. The van der Waals surface area contributed by atoms with Gasteiger partial charge in [-0.3, -0.25) is 4.90 Å². The summed E-state index contributed by atoms with van der Waals surface area (Å²) in [6.07, 6.45) is 5.29. The summed E-state index contributed by atoms with van der Waals surface area (Å²) in [7, 11) is 0. The standard InChI is InChI=1S/C18H28N2O/c1-18(21,16-6-3-2-4-7-16)14-20(12-15-9-10-15)13-17-8-5-11-19-17/h2-4,6-7,15,17,19,21H,5,8-14H2,1H3. The largest absolute Gasteiger partial charge is 0.384 e. The number of benzene rings is 1. The molecular weight excluding hydrogens is 260 g/mol. The minimum Gasteiger partial charge on any atom is -0.384 e. The summed E-state index contributed by atoms with van der Waals surface area (Å²) < 4.78 is 0. The van der Waals surface area contributed by atoms with Gasteiger partial charge >= 0.3 is 0 Å². The maximum absolute atomic E-state index is 10.9. The highest BCUT2D eigenvalue weighted by molar-refractivity contribution is 5.21.